The van der Waals surface area contributed by atoms with E-state index >= 15 is 0 Å². The molecule has 0 aromatic rings. The number of esters is 1. The Morgan fingerprint density at radius 2 is 1.72 bits per heavy atom. The summed E-state index contributed by atoms with van der Waals surface area (Å²) >= 11 is 0. The number of rotatable bonds is 6. The van der Waals surface area contributed by atoms with E-state index in [1.54, 1.807) is 0 Å². The van der Waals surface area contributed by atoms with Gasteiger partial charge < -0.3 is 9.84 Å². The average molecular weight is 447 g/mol. The molecule has 184 valence electrons. The molecule has 4 saturated carbocycles. The highest BCUT2D eigenvalue weighted by atomic mass is 16.5. The summed E-state index contributed by atoms with van der Waals surface area (Å²) in [6.07, 6.45) is 14.1. The maximum Gasteiger partial charge on any atom is 0.302 e. The Morgan fingerprint density at radius 1 is 0.969 bits per heavy atom. The zero-order valence-corrected chi connectivity index (χ0v) is 21.8. The second kappa shape index (κ2) is 8.90. The number of hydrogen-bond donors (Lipinski definition) is 1. The van der Waals surface area contributed by atoms with Crippen molar-refractivity contribution in [3.05, 3.63) is 0 Å². The van der Waals surface area contributed by atoms with E-state index < -0.39 is 5.60 Å². The third-order valence-electron chi connectivity index (χ3n) is 11.3. The summed E-state index contributed by atoms with van der Waals surface area (Å²) in [7, 11) is 0. The Bertz CT molecular complexity index is 688. The Morgan fingerprint density at radius 3 is 2.41 bits per heavy atom. The average Bonchev–Trinajstić information content (AvgIpc) is 3.05. The number of carbonyl (C=O) groups is 1. The topological polar surface area (TPSA) is 46.5 Å². The summed E-state index contributed by atoms with van der Waals surface area (Å²) in [5.74, 6) is 4.59. The summed E-state index contributed by atoms with van der Waals surface area (Å²) < 4.78 is 5.56. The lowest BCUT2D eigenvalue weighted by molar-refractivity contribution is -0.224. The zero-order valence-electron chi connectivity index (χ0n) is 21.8. The molecule has 4 fully saturated rings. The maximum atomic E-state index is 11.9. The molecule has 0 unspecified atom stereocenters. The molecule has 0 heterocycles. The van der Waals surface area contributed by atoms with Gasteiger partial charge in [0.2, 0.25) is 0 Å². The van der Waals surface area contributed by atoms with Gasteiger partial charge in [0.1, 0.15) is 6.10 Å². The molecule has 4 aliphatic carbocycles. The minimum Gasteiger partial charge on any atom is -0.462 e. The van der Waals surface area contributed by atoms with Crippen molar-refractivity contribution in [3.63, 3.8) is 0 Å². The van der Waals surface area contributed by atoms with E-state index in [1.165, 1.54) is 51.9 Å². The van der Waals surface area contributed by atoms with Crippen LogP contribution in [0.5, 0.6) is 0 Å². The first-order chi connectivity index (χ1) is 15.0. The van der Waals surface area contributed by atoms with Gasteiger partial charge in [-0.1, -0.05) is 53.9 Å². The Balaban J connectivity index is 1.47. The van der Waals surface area contributed by atoms with Crippen molar-refractivity contribution < 1.29 is 14.6 Å². The van der Waals surface area contributed by atoms with Gasteiger partial charge in [0.25, 0.3) is 0 Å². The highest BCUT2D eigenvalue weighted by molar-refractivity contribution is 5.66. The van der Waals surface area contributed by atoms with Crippen LogP contribution in [0.4, 0.5) is 0 Å². The van der Waals surface area contributed by atoms with Gasteiger partial charge in [0.15, 0.2) is 0 Å². The minimum atomic E-state index is -0.664. The lowest BCUT2D eigenvalue weighted by Crippen LogP contribution is -2.63. The van der Waals surface area contributed by atoms with Gasteiger partial charge in [-0.15, -0.1) is 0 Å². The molecule has 0 aliphatic heterocycles. The summed E-state index contributed by atoms with van der Waals surface area (Å²) in [6.45, 7) is 13.8. The van der Waals surface area contributed by atoms with E-state index in [-0.39, 0.29) is 17.5 Å². The van der Waals surface area contributed by atoms with Gasteiger partial charge in [0.05, 0.1) is 5.60 Å². The van der Waals surface area contributed by atoms with Crippen molar-refractivity contribution in [2.75, 3.05) is 0 Å². The molecule has 0 bridgehead atoms. The van der Waals surface area contributed by atoms with Crippen LogP contribution < -0.4 is 0 Å². The Labute approximate surface area is 197 Å². The van der Waals surface area contributed by atoms with Gasteiger partial charge in [-0.05, 0) is 97.7 Å². The standard InChI is InChI=1S/C29H50O3/c1-19(2)8-7-9-20(3)24-10-11-25-23-13-17-29(31)18-22(32-21(4)30)12-16-28(29,6)26(23)14-15-27(24,25)5/h19-20,22-26,31H,7-18H2,1-6H3/t20-,22+,23-,24-,25+,26-,27-,28-,29-/m1/s1. The molecule has 3 heteroatoms. The van der Waals surface area contributed by atoms with Crippen LogP contribution in [-0.4, -0.2) is 22.8 Å². The number of carbonyl (C=O) groups excluding carboxylic acids is 1. The molecule has 4 rings (SSSR count). The highest BCUT2D eigenvalue weighted by Crippen LogP contribution is 2.69. The van der Waals surface area contributed by atoms with Crippen molar-refractivity contribution in [2.24, 2.45) is 46.3 Å². The molecule has 0 saturated heterocycles. The van der Waals surface area contributed by atoms with E-state index in [2.05, 4.69) is 34.6 Å². The van der Waals surface area contributed by atoms with Crippen molar-refractivity contribution in [1.29, 1.82) is 0 Å². The molecule has 9 atom stereocenters. The molecule has 0 radical (unpaired) electrons. The molecule has 3 nitrogen and oxygen atoms in total. The van der Waals surface area contributed by atoms with Gasteiger partial charge in [-0.25, -0.2) is 0 Å². The van der Waals surface area contributed by atoms with Crippen molar-refractivity contribution in [3.8, 4) is 0 Å². The fraction of sp³-hybridized carbons (Fsp3) is 0.966. The molecule has 32 heavy (non-hydrogen) atoms. The maximum absolute atomic E-state index is 11.9. The van der Waals surface area contributed by atoms with Crippen LogP contribution >= 0.6 is 0 Å². The Hall–Kier alpha value is -0.570. The van der Waals surface area contributed by atoms with Crippen LogP contribution in [0.2, 0.25) is 0 Å². The molecular formula is C29H50O3. The van der Waals surface area contributed by atoms with Crippen LogP contribution in [0.1, 0.15) is 119 Å². The summed E-state index contributed by atoms with van der Waals surface area (Å²) in [4.78, 5) is 11.5. The molecular weight excluding hydrogens is 396 g/mol. The third kappa shape index (κ3) is 4.07. The lowest BCUT2D eigenvalue weighted by atomic mass is 9.43. The second-order valence-electron chi connectivity index (χ2n) is 13.4. The molecule has 0 amide bonds. The van der Waals surface area contributed by atoms with E-state index in [1.807, 2.05) is 0 Å². The molecule has 4 aliphatic rings. The van der Waals surface area contributed by atoms with E-state index in [9.17, 15) is 9.90 Å². The lowest BCUT2D eigenvalue weighted by Gasteiger charge is -2.64. The minimum absolute atomic E-state index is 0.0190. The fourth-order valence-electron chi connectivity index (χ4n) is 9.57. The van der Waals surface area contributed by atoms with Crippen molar-refractivity contribution >= 4 is 5.97 Å². The second-order valence-corrected chi connectivity index (χ2v) is 13.4. The SMILES string of the molecule is CC(=O)O[C@H]1CC[C@]2(C)[C@@H]3CC[C@]4(C)[C@@H]([C@H](C)CCCC(C)C)CC[C@H]4[C@H]3CC[C@@]2(O)C1. The summed E-state index contributed by atoms with van der Waals surface area (Å²) in [6, 6.07) is 0. The first kappa shape index (κ1) is 24.6. The number of aliphatic hydroxyl groups is 1. The number of ether oxygens (including phenoxy) is 1. The van der Waals surface area contributed by atoms with Crippen LogP contribution in [0.3, 0.4) is 0 Å². The first-order valence-electron chi connectivity index (χ1n) is 13.9. The predicted molar refractivity (Wildman–Crippen MR) is 130 cm³/mol. The highest BCUT2D eigenvalue weighted by Gasteiger charge is 2.64. The quantitative estimate of drug-likeness (QED) is 0.440. The van der Waals surface area contributed by atoms with Crippen molar-refractivity contribution in [2.45, 2.75) is 130 Å². The summed E-state index contributed by atoms with van der Waals surface area (Å²) in [5, 5.41) is 11.9. The van der Waals surface area contributed by atoms with Gasteiger partial charge >= 0.3 is 5.97 Å². The normalized spacial score (nSPS) is 46.8. The monoisotopic (exact) mass is 446 g/mol. The van der Waals surface area contributed by atoms with Crippen LogP contribution in [0.25, 0.3) is 0 Å². The fourth-order valence-corrected chi connectivity index (χ4v) is 9.57. The van der Waals surface area contributed by atoms with Gasteiger partial charge in [-0.3, -0.25) is 4.79 Å². The Kier molecular flexibility index (Phi) is 6.83. The molecule has 0 aromatic carbocycles. The van der Waals surface area contributed by atoms with E-state index in [0.717, 1.165) is 55.3 Å². The van der Waals surface area contributed by atoms with Gasteiger partial charge in [0, 0.05) is 13.3 Å². The molecule has 0 aromatic heterocycles. The predicted octanol–water partition coefficient (Wildman–Crippen LogP) is 7.15. The largest absolute Gasteiger partial charge is 0.462 e. The summed E-state index contributed by atoms with van der Waals surface area (Å²) in [5.41, 5.74) is -0.184. The number of hydrogen-bond acceptors (Lipinski definition) is 3. The molecule has 1 N–H and O–H groups in total. The number of fused-ring (bicyclic) bond motifs is 5. The van der Waals surface area contributed by atoms with Crippen LogP contribution in [-0.2, 0) is 9.53 Å². The smallest absolute Gasteiger partial charge is 0.302 e. The molecule has 0 spiro atoms. The first-order valence-corrected chi connectivity index (χ1v) is 13.9. The van der Waals surface area contributed by atoms with Gasteiger partial charge in [-0.2, -0.15) is 0 Å². The zero-order chi connectivity index (χ0) is 23.3. The van der Waals surface area contributed by atoms with E-state index in [4.69, 9.17) is 4.74 Å². The van der Waals surface area contributed by atoms with Crippen molar-refractivity contribution in [1.82, 2.24) is 0 Å². The third-order valence-corrected chi connectivity index (χ3v) is 11.3. The van der Waals surface area contributed by atoms with Crippen LogP contribution in [0, 0.1) is 46.3 Å². The van der Waals surface area contributed by atoms with Crippen LogP contribution in [0.15, 0.2) is 0 Å². The van der Waals surface area contributed by atoms with E-state index in [0.29, 0.717) is 17.8 Å².